The number of allylic oxidation sites excluding steroid dienone is 4. The Morgan fingerprint density at radius 1 is 0.654 bits per heavy atom. The van der Waals surface area contributed by atoms with Crippen molar-refractivity contribution in [2.24, 2.45) is 0 Å². The van der Waals surface area contributed by atoms with E-state index in [2.05, 4.69) is 85.0 Å². The normalized spacial score (nSPS) is 14.7. The molecule has 4 aromatic carbocycles. The third-order valence-corrected chi connectivity index (χ3v) is 5.90. The van der Waals surface area contributed by atoms with Gasteiger partial charge in [-0.1, -0.05) is 78.9 Å². The minimum absolute atomic E-state index is 1.04. The molecule has 26 heavy (non-hydrogen) atoms. The molecule has 2 aliphatic rings. The Bertz CT molecular complexity index is 1270. The zero-order chi connectivity index (χ0) is 17.1. The summed E-state index contributed by atoms with van der Waals surface area (Å²) in [7, 11) is 0. The van der Waals surface area contributed by atoms with E-state index in [0.717, 1.165) is 12.8 Å². The van der Waals surface area contributed by atoms with Crippen LogP contribution in [0.4, 0.5) is 0 Å². The Balaban J connectivity index is 1.70. The number of fused-ring (bicyclic) bond motifs is 7. The fourth-order valence-electron chi connectivity index (χ4n) is 4.63. The van der Waals surface area contributed by atoms with Gasteiger partial charge >= 0.3 is 0 Å². The molecule has 0 radical (unpaired) electrons. The molecule has 0 N–H and O–H groups in total. The molecule has 0 fully saturated rings. The van der Waals surface area contributed by atoms with Crippen LogP contribution in [0.1, 0.15) is 23.1 Å². The van der Waals surface area contributed by atoms with Crippen LogP contribution in [-0.4, -0.2) is 0 Å². The topological polar surface area (TPSA) is 0 Å². The molecule has 122 valence electrons. The molecule has 0 heterocycles. The highest BCUT2D eigenvalue weighted by atomic mass is 14.3. The highest BCUT2D eigenvalue weighted by Gasteiger charge is 2.23. The van der Waals surface area contributed by atoms with Crippen LogP contribution in [0.3, 0.4) is 0 Å². The van der Waals surface area contributed by atoms with E-state index < -0.39 is 0 Å². The molecular weight excluding hydrogens is 312 g/mol. The SMILES string of the molecule is C1=CCC(c2ccc3ccc4c(c3c2)-c2c(ccc3ccccc23)C4)=C1. The third kappa shape index (κ3) is 1.90. The van der Waals surface area contributed by atoms with Crippen molar-refractivity contribution in [1.82, 2.24) is 0 Å². The second-order valence-electron chi connectivity index (χ2n) is 7.36. The van der Waals surface area contributed by atoms with Crippen LogP contribution in [0.2, 0.25) is 0 Å². The molecule has 0 bridgehead atoms. The van der Waals surface area contributed by atoms with Gasteiger partial charge in [-0.25, -0.2) is 0 Å². The van der Waals surface area contributed by atoms with E-state index in [0.29, 0.717) is 0 Å². The van der Waals surface area contributed by atoms with Crippen LogP contribution in [-0.2, 0) is 6.42 Å². The van der Waals surface area contributed by atoms with Gasteiger partial charge in [-0.2, -0.15) is 0 Å². The first kappa shape index (κ1) is 14.1. The van der Waals surface area contributed by atoms with Crippen molar-refractivity contribution in [3.63, 3.8) is 0 Å². The zero-order valence-electron chi connectivity index (χ0n) is 14.5. The van der Waals surface area contributed by atoms with Crippen molar-refractivity contribution in [3.8, 4) is 11.1 Å². The zero-order valence-corrected chi connectivity index (χ0v) is 14.5. The molecule has 4 aromatic rings. The maximum absolute atomic E-state index is 2.41. The first-order valence-corrected chi connectivity index (χ1v) is 9.31. The van der Waals surface area contributed by atoms with Gasteiger partial charge in [0.1, 0.15) is 0 Å². The fraction of sp³-hybridized carbons (Fsp3) is 0.0769. The Hall–Kier alpha value is -3.12. The van der Waals surface area contributed by atoms with Crippen LogP contribution in [0, 0.1) is 0 Å². The van der Waals surface area contributed by atoms with Crippen LogP contribution >= 0.6 is 0 Å². The van der Waals surface area contributed by atoms with Gasteiger partial charge in [0, 0.05) is 0 Å². The molecule has 0 nitrogen and oxygen atoms in total. The van der Waals surface area contributed by atoms with Crippen LogP contribution in [0.25, 0.3) is 38.2 Å². The third-order valence-electron chi connectivity index (χ3n) is 5.90. The lowest BCUT2D eigenvalue weighted by Crippen LogP contribution is -1.87. The first-order chi connectivity index (χ1) is 12.9. The van der Waals surface area contributed by atoms with Crippen molar-refractivity contribution in [1.29, 1.82) is 0 Å². The van der Waals surface area contributed by atoms with E-state index in [4.69, 9.17) is 0 Å². The predicted octanol–water partition coefficient (Wildman–Crippen LogP) is 6.91. The Kier molecular flexibility index (Phi) is 2.81. The van der Waals surface area contributed by atoms with Crippen LogP contribution in [0.15, 0.2) is 85.0 Å². The summed E-state index contributed by atoms with van der Waals surface area (Å²) in [6.45, 7) is 0. The lowest BCUT2D eigenvalue weighted by molar-refractivity contribution is 1.27. The van der Waals surface area contributed by atoms with Gasteiger partial charge in [0.05, 0.1) is 0 Å². The Morgan fingerprint density at radius 3 is 2.19 bits per heavy atom. The number of hydrogen-bond donors (Lipinski definition) is 0. The monoisotopic (exact) mass is 330 g/mol. The Labute approximate surface area is 153 Å². The summed E-state index contributed by atoms with van der Waals surface area (Å²) in [6.07, 6.45) is 8.73. The summed E-state index contributed by atoms with van der Waals surface area (Å²) in [5.74, 6) is 0. The van der Waals surface area contributed by atoms with Gasteiger partial charge < -0.3 is 0 Å². The number of benzene rings is 4. The fourth-order valence-corrected chi connectivity index (χ4v) is 4.63. The molecule has 0 aromatic heterocycles. The minimum atomic E-state index is 1.04. The average molecular weight is 330 g/mol. The van der Waals surface area contributed by atoms with Crippen LogP contribution < -0.4 is 0 Å². The summed E-state index contributed by atoms with van der Waals surface area (Å²) in [5.41, 5.74) is 8.57. The highest BCUT2D eigenvalue weighted by Crippen LogP contribution is 2.45. The Morgan fingerprint density at radius 2 is 1.38 bits per heavy atom. The maximum atomic E-state index is 2.41. The molecule has 0 unspecified atom stereocenters. The molecule has 0 saturated heterocycles. The summed E-state index contributed by atoms with van der Waals surface area (Å²) in [6, 6.07) is 24.9. The smallest absolute Gasteiger partial charge is 0.00130 e. The minimum Gasteiger partial charge on any atom is -0.0801 e. The summed E-state index contributed by atoms with van der Waals surface area (Å²) >= 11 is 0. The standard InChI is InChI=1S/C26H18/c1-2-6-17(5-1)20-12-9-19-11-14-22-15-21-13-10-18-7-3-4-8-23(18)25(21)26(22)24(19)16-20/h1-5,7-14,16H,6,15H2. The summed E-state index contributed by atoms with van der Waals surface area (Å²) < 4.78 is 0. The average Bonchev–Trinajstić information content (AvgIpc) is 3.35. The van der Waals surface area contributed by atoms with Crippen molar-refractivity contribution < 1.29 is 0 Å². The van der Waals surface area contributed by atoms with E-state index >= 15 is 0 Å². The summed E-state index contributed by atoms with van der Waals surface area (Å²) in [4.78, 5) is 0. The van der Waals surface area contributed by atoms with Crippen molar-refractivity contribution >= 4 is 27.1 Å². The van der Waals surface area contributed by atoms with Crippen molar-refractivity contribution in [3.05, 3.63) is 102 Å². The molecule has 2 aliphatic carbocycles. The van der Waals surface area contributed by atoms with Gasteiger partial charge in [0.25, 0.3) is 0 Å². The molecule has 0 atom stereocenters. The van der Waals surface area contributed by atoms with E-state index in [1.807, 2.05) is 0 Å². The quantitative estimate of drug-likeness (QED) is 0.313. The van der Waals surface area contributed by atoms with E-state index in [1.54, 1.807) is 0 Å². The lowest BCUT2D eigenvalue weighted by Gasteiger charge is -2.12. The largest absolute Gasteiger partial charge is 0.0801 e. The molecule has 0 saturated carbocycles. The predicted molar refractivity (Wildman–Crippen MR) is 111 cm³/mol. The van der Waals surface area contributed by atoms with Gasteiger partial charge in [-0.15, -0.1) is 0 Å². The summed E-state index contributed by atoms with van der Waals surface area (Å²) in [5, 5.41) is 5.43. The van der Waals surface area contributed by atoms with E-state index in [1.165, 1.54) is 54.9 Å². The second kappa shape index (κ2) is 5.19. The van der Waals surface area contributed by atoms with E-state index in [9.17, 15) is 0 Å². The van der Waals surface area contributed by atoms with E-state index in [-0.39, 0.29) is 0 Å². The number of rotatable bonds is 1. The van der Waals surface area contributed by atoms with Crippen molar-refractivity contribution in [2.45, 2.75) is 12.8 Å². The van der Waals surface area contributed by atoms with Gasteiger partial charge in [0.15, 0.2) is 0 Å². The first-order valence-electron chi connectivity index (χ1n) is 9.31. The van der Waals surface area contributed by atoms with Gasteiger partial charge in [0.2, 0.25) is 0 Å². The van der Waals surface area contributed by atoms with Crippen LogP contribution in [0.5, 0.6) is 0 Å². The van der Waals surface area contributed by atoms with Crippen molar-refractivity contribution in [2.75, 3.05) is 0 Å². The maximum Gasteiger partial charge on any atom is -0.00130 e. The molecule has 6 rings (SSSR count). The van der Waals surface area contributed by atoms with Gasteiger partial charge in [-0.3, -0.25) is 0 Å². The molecule has 0 spiro atoms. The molecule has 0 aliphatic heterocycles. The second-order valence-corrected chi connectivity index (χ2v) is 7.36. The number of hydrogen-bond acceptors (Lipinski definition) is 0. The molecular formula is C26H18. The van der Waals surface area contributed by atoms with Gasteiger partial charge in [-0.05, 0) is 73.8 Å². The molecule has 0 heteroatoms. The highest BCUT2D eigenvalue weighted by molar-refractivity contribution is 6.10. The molecule has 0 amide bonds. The lowest BCUT2D eigenvalue weighted by atomic mass is 9.92.